The van der Waals surface area contributed by atoms with Gasteiger partial charge in [0.15, 0.2) is 0 Å². The first-order chi connectivity index (χ1) is 19.5. The summed E-state index contributed by atoms with van der Waals surface area (Å²) in [5, 5.41) is 13.8. The van der Waals surface area contributed by atoms with Gasteiger partial charge in [-0.05, 0) is 35.6 Å². The van der Waals surface area contributed by atoms with Gasteiger partial charge in [0, 0.05) is 13.1 Å². The Bertz CT molecular complexity index is 1400. The smallest absolute Gasteiger partial charge is 0.321 e. The highest BCUT2D eigenvalue weighted by Gasteiger charge is 2.49. The molecule has 204 valence electrons. The molecule has 1 saturated heterocycles. The van der Waals surface area contributed by atoms with E-state index in [2.05, 4.69) is 36.5 Å². The SMILES string of the molecule is Cc1ccc(CC(NC(=O)C2C(CO)N(Cc3ccccc3)C(=O)N2Cc2ccccc2)c2ccccc2)cc1. The van der Waals surface area contributed by atoms with Gasteiger partial charge in [0.25, 0.3) is 0 Å². The maximum atomic E-state index is 14.1. The summed E-state index contributed by atoms with van der Waals surface area (Å²) in [6.45, 7) is 2.31. The molecule has 6 heteroatoms. The third-order valence-corrected chi connectivity index (χ3v) is 7.52. The normalized spacial score (nSPS) is 17.6. The van der Waals surface area contributed by atoms with Crippen molar-refractivity contribution in [1.82, 2.24) is 15.1 Å². The lowest BCUT2D eigenvalue weighted by Gasteiger charge is -2.28. The minimum Gasteiger partial charge on any atom is -0.394 e. The van der Waals surface area contributed by atoms with Crippen molar-refractivity contribution in [3.05, 3.63) is 143 Å². The minimum absolute atomic E-state index is 0.262. The number of urea groups is 1. The highest BCUT2D eigenvalue weighted by atomic mass is 16.3. The molecule has 1 fully saturated rings. The maximum Gasteiger partial charge on any atom is 0.321 e. The van der Waals surface area contributed by atoms with Gasteiger partial charge in [-0.3, -0.25) is 4.79 Å². The average molecular weight is 534 g/mol. The van der Waals surface area contributed by atoms with E-state index < -0.39 is 12.1 Å². The second-order valence-corrected chi connectivity index (χ2v) is 10.4. The lowest BCUT2D eigenvalue weighted by molar-refractivity contribution is -0.127. The van der Waals surface area contributed by atoms with Gasteiger partial charge in [0.2, 0.25) is 5.91 Å². The standard InChI is InChI=1S/C34H35N3O3/c1-25-17-19-26(20-18-25)21-30(29-15-9-4-10-16-29)35-33(39)32-31(24-38)36(22-27-11-5-2-6-12-27)34(40)37(32)23-28-13-7-3-8-14-28/h2-20,30-32,38H,21-24H2,1H3,(H,35,39). The summed E-state index contributed by atoms with van der Waals surface area (Å²) in [6.07, 6.45) is 0.604. The van der Waals surface area contributed by atoms with Gasteiger partial charge in [0.1, 0.15) is 6.04 Å². The van der Waals surface area contributed by atoms with Gasteiger partial charge < -0.3 is 20.2 Å². The number of carbonyl (C=O) groups excluding carboxylic acids is 2. The number of nitrogens with zero attached hydrogens (tertiary/aromatic N) is 2. The number of aryl methyl sites for hydroxylation is 1. The molecule has 0 bridgehead atoms. The molecule has 4 aromatic carbocycles. The van der Waals surface area contributed by atoms with Crippen molar-refractivity contribution in [3.8, 4) is 0 Å². The predicted octanol–water partition coefficient (Wildman–Crippen LogP) is 5.26. The average Bonchev–Trinajstić information content (AvgIpc) is 3.25. The molecule has 40 heavy (non-hydrogen) atoms. The van der Waals surface area contributed by atoms with E-state index in [1.165, 1.54) is 5.56 Å². The maximum absolute atomic E-state index is 14.1. The number of amides is 3. The fourth-order valence-electron chi connectivity index (χ4n) is 5.38. The quantitative estimate of drug-likeness (QED) is 0.292. The van der Waals surface area contributed by atoms with E-state index >= 15 is 0 Å². The van der Waals surface area contributed by atoms with Crippen molar-refractivity contribution in [2.45, 2.75) is 44.6 Å². The predicted molar refractivity (Wildman–Crippen MR) is 156 cm³/mol. The summed E-state index contributed by atoms with van der Waals surface area (Å²) in [5.74, 6) is -0.278. The van der Waals surface area contributed by atoms with E-state index in [4.69, 9.17) is 0 Å². The number of aliphatic hydroxyl groups is 1. The van der Waals surface area contributed by atoms with Gasteiger partial charge in [0.05, 0.1) is 18.7 Å². The molecule has 2 N–H and O–H groups in total. The van der Waals surface area contributed by atoms with Gasteiger partial charge >= 0.3 is 6.03 Å². The molecule has 1 aliphatic heterocycles. The zero-order valence-electron chi connectivity index (χ0n) is 22.7. The van der Waals surface area contributed by atoms with Crippen LogP contribution < -0.4 is 5.32 Å². The van der Waals surface area contributed by atoms with Crippen molar-refractivity contribution >= 4 is 11.9 Å². The van der Waals surface area contributed by atoms with Crippen molar-refractivity contribution < 1.29 is 14.7 Å². The molecule has 1 aliphatic rings. The molecular formula is C34H35N3O3. The van der Waals surface area contributed by atoms with Crippen molar-refractivity contribution in [2.75, 3.05) is 6.61 Å². The third kappa shape index (κ3) is 6.24. The lowest BCUT2D eigenvalue weighted by atomic mass is 9.97. The first-order valence-electron chi connectivity index (χ1n) is 13.7. The summed E-state index contributed by atoms with van der Waals surface area (Å²) in [4.78, 5) is 31.2. The van der Waals surface area contributed by atoms with E-state index in [0.29, 0.717) is 13.0 Å². The fraction of sp³-hybridized carbons (Fsp3) is 0.235. The topological polar surface area (TPSA) is 72.9 Å². The summed E-state index contributed by atoms with van der Waals surface area (Å²) in [6, 6.07) is 35.4. The molecule has 6 nitrogen and oxygen atoms in total. The molecule has 0 spiro atoms. The molecule has 3 atom stereocenters. The number of hydrogen-bond acceptors (Lipinski definition) is 3. The van der Waals surface area contributed by atoms with Crippen LogP contribution in [0.25, 0.3) is 0 Å². The second-order valence-electron chi connectivity index (χ2n) is 10.4. The molecule has 3 unspecified atom stereocenters. The van der Waals surface area contributed by atoms with Gasteiger partial charge in [-0.2, -0.15) is 0 Å². The largest absolute Gasteiger partial charge is 0.394 e. The molecule has 0 aliphatic carbocycles. The number of carbonyl (C=O) groups is 2. The lowest BCUT2D eigenvalue weighted by Crippen LogP contribution is -2.51. The number of nitrogens with one attached hydrogen (secondary N) is 1. The Morgan fingerprint density at radius 2 is 1.27 bits per heavy atom. The van der Waals surface area contributed by atoms with E-state index in [1.807, 2.05) is 91.0 Å². The zero-order valence-corrected chi connectivity index (χ0v) is 22.7. The van der Waals surface area contributed by atoms with Crippen molar-refractivity contribution in [2.24, 2.45) is 0 Å². The van der Waals surface area contributed by atoms with Crippen LogP contribution in [0.15, 0.2) is 115 Å². The monoisotopic (exact) mass is 533 g/mol. The minimum atomic E-state index is -0.856. The Morgan fingerprint density at radius 1 is 0.750 bits per heavy atom. The molecule has 4 aromatic rings. The van der Waals surface area contributed by atoms with Crippen LogP contribution >= 0.6 is 0 Å². The van der Waals surface area contributed by atoms with Crippen molar-refractivity contribution in [1.29, 1.82) is 0 Å². The highest BCUT2D eigenvalue weighted by molar-refractivity contribution is 5.91. The number of rotatable bonds is 10. The van der Waals surface area contributed by atoms with Crippen LogP contribution in [0.3, 0.4) is 0 Å². The number of benzene rings is 4. The van der Waals surface area contributed by atoms with Crippen LogP contribution in [-0.2, 0) is 24.3 Å². The summed E-state index contributed by atoms with van der Waals surface area (Å²) < 4.78 is 0. The summed E-state index contributed by atoms with van der Waals surface area (Å²) in [5.41, 5.74) is 5.13. The molecule has 5 rings (SSSR count). The molecular weight excluding hydrogens is 498 g/mol. The Morgan fingerprint density at radius 3 is 1.82 bits per heavy atom. The molecule has 0 aromatic heterocycles. The third-order valence-electron chi connectivity index (χ3n) is 7.52. The van der Waals surface area contributed by atoms with Crippen molar-refractivity contribution in [3.63, 3.8) is 0 Å². The molecule has 0 saturated carbocycles. The van der Waals surface area contributed by atoms with E-state index in [-0.39, 0.29) is 31.1 Å². The van der Waals surface area contributed by atoms with Crippen LogP contribution in [0.2, 0.25) is 0 Å². The number of aliphatic hydroxyl groups excluding tert-OH is 1. The second kappa shape index (κ2) is 12.6. The van der Waals surface area contributed by atoms with Gasteiger partial charge in [-0.25, -0.2) is 4.79 Å². The van der Waals surface area contributed by atoms with Gasteiger partial charge in [-0.15, -0.1) is 0 Å². The Kier molecular flexibility index (Phi) is 8.57. The Hall–Kier alpha value is -4.42. The van der Waals surface area contributed by atoms with Crippen LogP contribution in [0.1, 0.15) is 33.9 Å². The first-order valence-corrected chi connectivity index (χ1v) is 13.7. The van der Waals surface area contributed by atoms with Crippen LogP contribution in [0, 0.1) is 6.92 Å². The van der Waals surface area contributed by atoms with Crippen LogP contribution in [-0.4, -0.2) is 45.5 Å². The van der Waals surface area contributed by atoms with Crippen LogP contribution in [0.4, 0.5) is 4.79 Å². The molecule has 3 amide bonds. The Labute approximate surface area is 235 Å². The Balaban J connectivity index is 1.46. The van der Waals surface area contributed by atoms with Crippen LogP contribution in [0.5, 0.6) is 0 Å². The fourth-order valence-corrected chi connectivity index (χ4v) is 5.38. The van der Waals surface area contributed by atoms with Gasteiger partial charge in [-0.1, -0.05) is 121 Å². The summed E-state index contributed by atoms with van der Waals surface area (Å²) in [7, 11) is 0. The highest BCUT2D eigenvalue weighted by Crippen LogP contribution is 2.29. The zero-order chi connectivity index (χ0) is 27.9. The summed E-state index contributed by atoms with van der Waals surface area (Å²) >= 11 is 0. The molecule has 0 radical (unpaired) electrons. The van der Waals surface area contributed by atoms with E-state index in [1.54, 1.807) is 9.80 Å². The number of hydrogen-bond donors (Lipinski definition) is 2. The van der Waals surface area contributed by atoms with E-state index in [0.717, 1.165) is 22.3 Å². The first kappa shape index (κ1) is 27.2. The van der Waals surface area contributed by atoms with E-state index in [9.17, 15) is 14.7 Å². The molecule has 1 heterocycles.